The van der Waals surface area contributed by atoms with Crippen LogP contribution in [0, 0.1) is 16.0 Å². The summed E-state index contributed by atoms with van der Waals surface area (Å²) in [6.45, 7) is 0. The first-order chi connectivity index (χ1) is 9.16. The van der Waals surface area contributed by atoms with Crippen LogP contribution in [0.5, 0.6) is 0 Å². The topological polar surface area (TPSA) is 43.1 Å². The van der Waals surface area contributed by atoms with Crippen LogP contribution in [0.3, 0.4) is 0 Å². The number of alkyl halides is 1. The van der Waals surface area contributed by atoms with Gasteiger partial charge in [0.25, 0.3) is 5.69 Å². The fraction of sp³-hybridized carbons (Fsp3) is 0.600. The lowest BCUT2D eigenvalue weighted by molar-refractivity contribution is -0.384. The summed E-state index contributed by atoms with van der Waals surface area (Å²) in [6, 6.07) is 6.95. The normalized spacial score (nSPS) is 18.8. The highest BCUT2D eigenvalue weighted by Crippen LogP contribution is 2.31. The second-order valence-electron chi connectivity index (χ2n) is 5.40. The Morgan fingerprint density at radius 1 is 1.16 bits per heavy atom. The van der Waals surface area contributed by atoms with Crippen molar-refractivity contribution in [2.24, 2.45) is 5.92 Å². The molecular formula is C15H20BrNO2. The van der Waals surface area contributed by atoms with Gasteiger partial charge in [0.1, 0.15) is 0 Å². The van der Waals surface area contributed by atoms with Gasteiger partial charge in [-0.1, -0.05) is 53.7 Å². The minimum absolute atomic E-state index is 0.171. The van der Waals surface area contributed by atoms with E-state index in [0.717, 1.165) is 12.3 Å². The van der Waals surface area contributed by atoms with Crippen molar-refractivity contribution in [3.05, 3.63) is 39.9 Å². The van der Waals surface area contributed by atoms with Gasteiger partial charge in [0.15, 0.2) is 0 Å². The summed E-state index contributed by atoms with van der Waals surface area (Å²) in [5.74, 6) is 0.748. The predicted octanol–water partition coefficient (Wildman–Crippen LogP) is 4.87. The van der Waals surface area contributed by atoms with Crippen molar-refractivity contribution in [1.82, 2.24) is 0 Å². The zero-order valence-corrected chi connectivity index (χ0v) is 12.6. The van der Waals surface area contributed by atoms with E-state index in [-0.39, 0.29) is 10.6 Å². The van der Waals surface area contributed by atoms with Crippen LogP contribution in [-0.2, 0) is 6.42 Å². The summed E-state index contributed by atoms with van der Waals surface area (Å²) in [7, 11) is 0. The second kappa shape index (κ2) is 7.04. The van der Waals surface area contributed by atoms with E-state index in [1.807, 2.05) is 12.1 Å². The highest BCUT2D eigenvalue weighted by Gasteiger charge is 2.20. The van der Waals surface area contributed by atoms with Crippen LogP contribution >= 0.6 is 15.9 Å². The summed E-state index contributed by atoms with van der Waals surface area (Å²) in [6.07, 6.45) is 9.00. The van der Waals surface area contributed by atoms with E-state index in [0.29, 0.717) is 4.83 Å². The lowest BCUT2D eigenvalue weighted by Gasteiger charge is -2.20. The van der Waals surface area contributed by atoms with E-state index in [9.17, 15) is 10.1 Å². The number of benzene rings is 1. The summed E-state index contributed by atoms with van der Waals surface area (Å²) < 4.78 is 0. The van der Waals surface area contributed by atoms with Gasteiger partial charge in [0.05, 0.1) is 4.92 Å². The third-order valence-electron chi connectivity index (χ3n) is 3.99. The fourth-order valence-electron chi connectivity index (χ4n) is 2.82. The predicted molar refractivity (Wildman–Crippen MR) is 80.7 cm³/mol. The number of rotatable bonds is 4. The molecule has 0 heterocycles. The molecule has 0 amide bonds. The maximum Gasteiger partial charge on any atom is 0.269 e. The van der Waals surface area contributed by atoms with Crippen molar-refractivity contribution in [3.63, 3.8) is 0 Å². The molecule has 1 atom stereocenters. The van der Waals surface area contributed by atoms with Crippen LogP contribution in [-0.4, -0.2) is 9.75 Å². The van der Waals surface area contributed by atoms with Gasteiger partial charge in [-0.15, -0.1) is 0 Å². The molecule has 1 aliphatic carbocycles. The molecule has 0 bridgehead atoms. The van der Waals surface area contributed by atoms with Crippen LogP contribution in [0.1, 0.15) is 44.1 Å². The van der Waals surface area contributed by atoms with Crippen molar-refractivity contribution in [2.75, 3.05) is 0 Å². The molecule has 19 heavy (non-hydrogen) atoms. The van der Waals surface area contributed by atoms with E-state index in [2.05, 4.69) is 15.9 Å². The van der Waals surface area contributed by atoms with Crippen LogP contribution < -0.4 is 0 Å². The summed E-state index contributed by atoms with van der Waals surface area (Å²) in [4.78, 5) is 10.8. The number of hydrogen-bond acceptors (Lipinski definition) is 2. The first kappa shape index (κ1) is 14.5. The maximum absolute atomic E-state index is 10.6. The molecule has 0 radical (unpaired) electrons. The molecule has 1 aromatic carbocycles. The van der Waals surface area contributed by atoms with Crippen molar-refractivity contribution in [3.8, 4) is 0 Å². The number of nitro benzene ring substituents is 1. The number of nitro groups is 1. The van der Waals surface area contributed by atoms with Gasteiger partial charge in [-0.05, 0) is 30.7 Å². The molecule has 1 aliphatic rings. The van der Waals surface area contributed by atoms with Crippen molar-refractivity contribution < 1.29 is 4.92 Å². The average molecular weight is 326 g/mol. The van der Waals surface area contributed by atoms with Crippen molar-refractivity contribution in [1.29, 1.82) is 0 Å². The molecule has 0 N–H and O–H groups in total. The minimum Gasteiger partial charge on any atom is -0.258 e. The van der Waals surface area contributed by atoms with Crippen LogP contribution in [0.2, 0.25) is 0 Å². The molecule has 4 heteroatoms. The molecule has 0 aromatic heterocycles. The molecule has 104 valence electrons. The molecule has 1 saturated carbocycles. The highest BCUT2D eigenvalue weighted by molar-refractivity contribution is 9.09. The van der Waals surface area contributed by atoms with E-state index < -0.39 is 0 Å². The molecule has 0 saturated heterocycles. The van der Waals surface area contributed by atoms with Gasteiger partial charge in [0, 0.05) is 17.0 Å². The third-order valence-corrected chi connectivity index (χ3v) is 5.06. The first-order valence-electron chi connectivity index (χ1n) is 7.04. The van der Waals surface area contributed by atoms with Crippen LogP contribution in [0.25, 0.3) is 0 Å². The number of nitrogens with zero attached hydrogens (tertiary/aromatic N) is 1. The molecule has 0 spiro atoms. The smallest absolute Gasteiger partial charge is 0.258 e. The summed E-state index contributed by atoms with van der Waals surface area (Å²) >= 11 is 3.82. The Hall–Kier alpha value is -0.900. The van der Waals surface area contributed by atoms with Crippen LogP contribution in [0.15, 0.2) is 24.3 Å². The monoisotopic (exact) mass is 325 g/mol. The summed E-state index contributed by atoms with van der Waals surface area (Å²) in [5.41, 5.74) is 1.35. The van der Waals surface area contributed by atoms with E-state index in [4.69, 9.17) is 0 Å². The molecule has 1 unspecified atom stereocenters. The highest BCUT2D eigenvalue weighted by atomic mass is 79.9. The third kappa shape index (κ3) is 4.30. The number of halogens is 1. The van der Waals surface area contributed by atoms with Gasteiger partial charge in [-0.25, -0.2) is 0 Å². The molecule has 0 aliphatic heterocycles. The van der Waals surface area contributed by atoms with Crippen LogP contribution in [0.4, 0.5) is 5.69 Å². The quantitative estimate of drug-likeness (QED) is 0.343. The molecule has 1 fully saturated rings. The standard InChI is InChI=1S/C15H20BrNO2/c16-15(13-5-3-1-2-4-6-13)11-12-7-9-14(10-8-12)17(18)19/h7-10,13,15H,1-6,11H2. The fourth-order valence-corrected chi connectivity index (χ4v) is 3.72. The second-order valence-corrected chi connectivity index (χ2v) is 6.57. The molecule has 1 aromatic rings. The van der Waals surface area contributed by atoms with Gasteiger partial charge >= 0.3 is 0 Å². The van der Waals surface area contributed by atoms with Gasteiger partial charge in [0.2, 0.25) is 0 Å². The molecule has 2 rings (SSSR count). The first-order valence-corrected chi connectivity index (χ1v) is 7.96. The van der Waals surface area contributed by atoms with E-state index in [1.165, 1.54) is 44.1 Å². The van der Waals surface area contributed by atoms with Crippen molar-refractivity contribution >= 4 is 21.6 Å². The van der Waals surface area contributed by atoms with Crippen molar-refractivity contribution in [2.45, 2.75) is 49.8 Å². The van der Waals surface area contributed by atoms with Gasteiger partial charge in [-0.3, -0.25) is 10.1 Å². The zero-order valence-electron chi connectivity index (χ0n) is 11.1. The SMILES string of the molecule is O=[N+]([O-])c1ccc(CC(Br)C2CCCCCC2)cc1. The summed E-state index contributed by atoms with van der Waals surface area (Å²) in [5, 5.41) is 10.6. The maximum atomic E-state index is 10.6. The number of non-ortho nitro benzene ring substituents is 1. The van der Waals surface area contributed by atoms with E-state index in [1.54, 1.807) is 12.1 Å². The Kier molecular flexibility index (Phi) is 5.37. The molecular weight excluding hydrogens is 306 g/mol. The van der Waals surface area contributed by atoms with Gasteiger partial charge < -0.3 is 0 Å². The lowest BCUT2D eigenvalue weighted by atomic mass is 9.93. The Morgan fingerprint density at radius 2 is 1.74 bits per heavy atom. The largest absolute Gasteiger partial charge is 0.269 e. The number of hydrogen-bond donors (Lipinski definition) is 0. The Morgan fingerprint density at radius 3 is 2.26 bits per heavy atom. The Labute approximate surface area is 122 Å². The lowest BCUT2D eigenvalue weighted by Crippen LogP contribution is -2.16. The minimum atomic E-state index is -0.347. The van der Waals surface area contributed by atoms with Gasteiger partial charge in [-0.2, -0.15) is 0 Å². The van der Waals surface area contributed by atoms with E-state index >= 15 is 0 Å². The Bertz CT molecular complexity index is 411. The zero-order chi connectivity index (χ0) is 13.7. The molecule has 3 nitrogen and oxygen atoms in total. The average Bonchev–Trinajstić information content (AvgIpc) is 2.68. The Balaban J connectivity index is 1.93.